The van der Waals surface area contributed by atoms with E-state index in [0.717, 1.165) is 69.4 Å². The minimum Gasteiger partial charge on any atom is -0.481 e. The normalized spacial score (nSPS) is 48.9. The van der Waals surface area contributed by atoms with Gasteiger partial charge in [0.2, 0.25) is 0 Å². The number of ether oxygens (including phenoxy) is 1. The molecule has 4 bridgehead atoms. The molecule has 6 heteroatoms. The van der Waals surface area contributed by atoms with Crippen LogP contribution in [0.2, 0.25) is 0 Å². The quantitative estimate of drug-likeness (QED) is 0.467. The highest BCUT2D eigenvalue weighted by molar-refractivity contribution is 5.90. The van der Waals surface area contributed by atoms with Crippen LogP contribution in [0.5, 0.6) is 0 Å². The van der Waals surface area contributed by atoms with Crippen LogP contribution in [0.25, 0.3) is 0 Å². The van der Waals surface area contributed by atoms with Gasteiger partial charge in [-0.1, -0.05) is 38.8 Å². The van der Waals surface area contributed by atoms with Gasteiger partial charge in [0.05, 0.1) is 30.0 Å². The first-order valence-electron chi connectivity index (χ1n) is 13.6. The Morgan fingerprint density at radius 1 is 1.29 bits per heavy atom. The molecule has 0 aromatic heterocycles. The number of carboxylic acids is 1. The smallest absolute Gasteiger partial charge is 0.315 e. The topological polar surface area (TPSA) is 79.2 Å². The van der Waals surface area contributed by atoms with Gasteiger partial charge in [-0.25, -0.2) is 0 Å². The summed E-state index contributed by atoms with van der Waals surface area (Å²) in [6.07, 6.45) is 8.90. The molecule has 0 radical (unpaired) electrons. The Balaban J connectivity index is 1.45. The van der Waals surface area contributed by atoms with Crippen molar-refractivity contribution in [2.75, 3.05) is 19.6 Å². The van der Waals surface area contributed by atoms with Gasteiger partial charge >= 0.3 is 5.97 Å². The van der Waals surface area contributed by atoms with Crippen molar-refractivity contribution >= 4 is 18.1 Å². The minimum absolute atomic E-state index is 0.0975. The average molecular weight is 469 g/mol. The van der Waals surface area contributed by atoms with Gasteiger partial charge in [0.15, 0.2) is 0 Å². The molecule has 0 amide bonds. The number of allylic oxidation sites excluding steroid dienone is 1. The number of hydrogen-bond acceptors (Lipinski definition) is 5. The van der Waals surface area contributed by atoms with Crippen molar-refractivity contribution in [1.82, 2.24) is 4.90 Å². The van der Waals surface area contributed by atoms with Crippen LogP contribution in [-0.2, 0) is 14.3 Å². The predicted octanol–water partition coefficient (Wildman–Crippen LogP) is 4.19. The van der Waals surface area contributed by atoms with Gasteiger partial charge in [0, 0.05) is 18.5 Å². The van der Waals surface area contributed by atoms with Gasteiger partial charge < -0.3 is 19.5 Å². The van der Waals surface area contributed by atoms with Crippen molar-refractivity contribution in [3.8, 4) is 0 Å². The van der Waals surface area contributed by atoms with E-state index in [-0.39, 0.29) is 30.0 Å². The first kappa shape index (κ1) is 22.8. The van der Waals surface area contributed by atoms with Crippen LogP contribution in [0.3, 0.4) is 0 Å². The van der Waals surface area contributed by atoms with E-state index in [9.17, 15) is 14.7 Å². The van der Waals surface area contributed by atoms with Crippen LogP contribution in [0.1, 0.15) is 66.2 Å². The molecular formula is C28H40N2O4. The fraction of sp³-hybridized carbons (Fsp3) is 0.821. The maximum Gasteiger partial charge on any atom is 0.315 e. The molecule has 2 aliphatic heterocycles. The van der Waals surface area contributed by atoms with Crippen LogP contribution in [-0.4, -0.2) is 59.9 Å². The van der Waals surface area contributed by atoms with Crippen LogP contribution in [0, 0.1) is 45.8 Å². The molecular weight excluding hydrogens is 428 g/mol. The summed E-state index contributed by atoms with van der Waals surface area (Å²) in [5, 5.41) is 11.2. The lowest BCUT2D eigenvalue weighted by atomic mass is 9.41. The summed E-state index contributed by atoms with van der Waals surface area (Å²) >= 11 is 0. The lowest BCUT2D eigenvalue weighted by Crippen LogP contribution is -2.65. The molecule has 1 N–H and O–H groups in total. The average Bonchev–Trinajstić information content (AvgIpc) is 3.59. The first-order valence-corrected chi connectivity index (χ1v) is 13.6. The van der Waals surface area contributed by atoms with Gasteiger partial charge in [-0.3, -0.25) is 9.79 Å². The summed E-state index contributed by atoms with van der Waals surface area (Å²) in [5.41, 5.74) is -1.43. The number of aliphatic carboxylic acids is 1. The Morgan fingerprint density at radius 3 is 2.74 bits per heavy atom. The molecule has 1 saturated heterocycles. The third-order valence-electron chi connectivity index (χ3n) is 11.3. The third kappa shape index (κ3) is 2.44. The van der Waals surface area contributed by atoms with E-state index in [0.29, 0.717) is 18.3 Å². The first-order chi connectivity index (χ1) is 16.2. The van der Waals surface area contributed by atoms with Gasteiger partial charge in [-0.15, -0.1) is 0 Å². The van der Waals surface area contributed by atoms with E-state index in [1.807, 2.05) is 0 Å². The van der Waals surface area contributed by atoms with Crippen LogP contribution >= 0.6 is 0 Å². The van der Waals surface area contributed by atoms with E-state index in [1.165, 1.54) is 0 Å². The van der Waals surface area contributed by atoms with Gasteiger partial charge in [0.1, 0.15) is 11.7 Å². The molecule has 0 aromatic carbocycles. The van der Waals surface area contributed by atoms with E-state index in [2.05, 4.69) is 43.7 Å². The number of carbonyl (C=O) groups is 2. The highest BCUT2D eigenvalue weighted by Gasteiger charge is 2.86. The zero-order chi connectivity index (χ0) is 24.0. The van der Waals surface area contributed by atoms with E-state index in [1.54, 1.807) is 0 Å². The monoisotopic (exact) mass is 468 g/mol. The maximum atomic E-state index is 13.6. The van der Waals surface area contributed by atoms with Gasteiger partial charge in [-0.05, 0) is 68.6 Å². The highest BCUT2D eigenvalue weighted by atomic mass is 16.5. The predicted molar refractivity (Wildman–Crippen MR) is 129 cm³/mol. The standard InChI is InChI=1S/C28H40N2O4/c1-16(2)23-11-19-12-26(15-31)22-7-5-17(3)21(22)13-27(19,28(23,26)25(32)33)24-8-6-20(34-24)14-30-10-9-29-18(30)4/h11,15-17,19-22,24H,5-10,12-14H2,1-4H3,(H,32,33)/t17-,19?,20?,21-,22-,24?,26?,27?,28?/m1/s1. The van der Waals surface area contributed by atoms with Crippen LogP contribution in [0.4, 0.5) is 0 Å². The third-order valence-corrected chi connectivity index (χ3v) is 11.3. The molecule has 3 saturated carbocycles. The number of rotatable bonds is 6. The van der Waals surface area contributed by atoms with Crippen LogP contribution in [0.15, 0.2) is 16.6 Å². The van der Waals surface area contributed by atoms with Gasteiger partial charge in [-0.2, -0.15) is 0 Å². The van der Waals surface area contributed by atoms with E-state index in [4.69, 9.17) is 4.74 Å². The highest BCUT2D eigenvalue weighted by Crippen LogP contribution is 2.84. The molecule has 34 heavy (non-hydrogen) atoms. The Labute approximate surface area is 203 Å². The maximum absolute atomic E-state index is 13.6. The second-order valence-corrected chi connectivity index (χ2v) is 12.6. The molecule has 186 valence electrons. The fourth-order valence-corrected chi connectivity index (χ4v) is 10.1. The Kier molecular flexibility index (Phi) is 4.96. The summed E-state index contributed by atoms with van der Waals surface area (Å²) in [5.74, 6) is 1.66. The van der Waals surface area contributed by atoms with Crippen LogP contribution < -0.4 is 0 Å². The Bertz CT molecular complexity index is 973. The molecule has 0 aromatic rings. The summed E-state index contributed by atoms with van der Waals surface area (Å²) in [7, 11) is 0. The van der Waals surface area contributed by atoms with Crippen molar-refractivity contribution in [3.63, 3.8) is 0 Å². The van der Waals surface area contributed by atoms with Gasteiger partial charge in [0.25, 0.3) is 0 Å². The largest absolute Gasteiger partial charge is 0.481 e. The van der Waals surface area contributed by atoms with Crippen molar-refractivity contribution in [1.29, 1.82) is 0 Å². The summed E-state index contributed by atoms with van der Waals surface area (Å²) < 4.78 is 6.88. The number of fused-ring (bicyclic) bond motifs is 2. The lowest BCUT2D eigenvalue weighted by Gasteiger charge is -2.60. The number of nitrogens with zero attached hydrogens (tertiary/aromatic N) is 2. The second-order valence-electron chi connectivity index (χ2n) is 12.6. The number of aldehydes is 1. The number of carboxylic acid groups (broad SMARTS) is 1. The van der Waals surface area contributed by atoms with E-state index >= 15 is 0 Å². The van der Waals surface area contributed by atoms with Crippen molar-refractivity contribution < 1.29 is 19.4 Å². The number of aliphatic imine (C=N–C) groups is 1. The lowest BCUT2D eigenvalue weighted by molar-refractivity contribution is -0.197. The van der Waals surface area contributed by atoms with Crippen molar-refractivity contribution in [2.45, 2.75) is 78.4 Å². The fourth-order valence-electron chi connectivity index (χ4n) is 10.1. The number of amidine groups is 1. The zero-order valence-electron chi connectivity index (χ0n) is 21.1. The van der Waals surface area contributed by atoms with E-state index < -0.39 is 22.2 Å². The molecule has 6 aliphatic rings. The minimum atomic E-state index is -1.13. The molecule has 9 atom stereocenters. The molecule has 0 spiro atoms. The molecule has 2 heterocycles. The summed E-state index contributed by atoms with van der Waals surface area (Å²) in [4.78, 5) is 33.7. The second kappa shape index (κ2) is 7.41. The molecule has 4 fully saturated rings. The number of hydrogen-bond donors (Lipinski definition) is 1. The zero-order valence-corrected chi connectivity index (χ0v) is 21.1. The molecule has 6 rings (SSSR count). The Morgan fingerprint density at radius 2 is 2.09 bits per heavy atom. The molecule has 6 unspecified atom stereocenters. The molecule has 6 nitrogen and oxygen atoms in total. The summed E-state index contributed by atoms with van der Waals surface area (Å²) in [6, 6.07) is 0. The molecule has 4 aliphatic carbocycles. The summed E-state index contributed by atoms with van der Waals surface area (Å²) in [6.45, 7) is 11.2. The van der Waals surface area contributed by atoms with Crippen molar-refractivity contribution in [3.05, 3.63) is 11.6 Å². The SMILES string of the molecule is CC1=NCCN1CC1CCC(C23C[C@@H]4[C@H](C)CC[C@H]4C4(C=O)CC2C=C(C(C)C)C34C(=O)O)O1. The van der Waals surface area contributed by atoms with Crippen molar-refractivity contribution in [2.24, 2.45) is 50.8 Å². The Hall–Kier alpha value is -1.69. The number of carbonyl (C=O) groups excluding carboxylic acids is 1.